The highest BCUT2D eigenvalue weighted by Crippen LogP contribution is 1.74. The quantitative estimate of drug-likeness (QED) is 0.511. The van der Waals surface area contributed by atoms with Gasteiger partial charge in [0.1, 0.15) is 0 Å². The fourth-order valence-electron chi connectivity index (χ4n) is 0.495. The summed E-state index contributed by atoms with van der Waals surface area (Å²) in [7, 11) is 1.71. The van der Waals surface area contributed by atoms with Gasteiger partial charge in [-0.15, -0.1) is 6.42 Å². The van der Waals surface area contributed by atoms with E-state index in [0.29, 0.717) is 6.54 Å². The van der Waals surface area contributed by atoms with Gasteiger partial charge in [0.05, 0.1) is 12.6 Å². The molecule has 3 nitrogen and oxygen atoms in total. The van der Waals surface area contributed by atoms with Crippen molar-refractivity contribution in [3.8, 4) is 12.3 Å². The molecule has 0 aromatic rings. The van der Waals surface area contributed by atoms with Crippen LogP contribution in [0.15, 0.2) is 0 Å². The molecule has 0 fully saturated rings. The molecule has 1 amide bonds. The van der Waals surface area contributed by atoms with Crippen molar-refractivity contribution in [2.45, 2.75) is 13.0 Å². The number of terminal acetylenes is 1. The first-order valence-corrected chi connectivity index (χ1v) is 3.10. The maximum Gasteiger partial charge on any atom is 0.234 e. The van der Waals surface area contributed by atoms with E-state index >= 15 is 0 Å². The van der Waals surface area contributed by atoms with Gasteiger partial charge in [-0.05, 0) is 14.0 Å². The molecule has 0 radical (unpaired) electrons. The number of carbonyl (C=O) groups is 1. The Kier molecular flexibility index (Phi) is 4.34. The summed E-state index contributed by atoms with van der Waals surface area (Å²) in [4.78, 5) is 10.7. The fraction of sp³-hybridized carbons (Fsp3) is 0.571. The number of hydrogen-bond acceptors (Lipinski definition) is 2. The lowest BCUT2D eigenvalue weighted by molar-refractivity contribution is -0.120. The third-order valence-corrected chi connectivity index (χ3v) is 0.965. The Morgan fingerprint density at radius 3 is 2.80 bits per heavy atom. The van der Waals surface area contributed by atoms with Crippen molar-refractivity contribution in [2.24, 2.45) is 0 Å². The molecule has 0 rings (SSSR count). The Morgan fingerprint density at radius 2 is 2.40 bits per heavy atom. The van der Waals surface area contributed by atoms with Crippen molar-refractivity contribution in [2.75, 3.05) is 13.6 Å². The molecule has 0 aliphatic heterocycles. The minimum atomic E-state index is -0.180. The molecule has 0 aromatic carbocycles. The monoisotopic (exact) mass is 140 g/mol. The van der Waals surface area contributed by atoms with Crippen molar-refractivity contribution in [1.82, 2.24) is 10.6 Å². The molecule has 0 aromatic heterocycles. The smallest absolute Gasteiger partial charge is 0.234 e. The SMILES string of the molecule is C#CC(C)NC(=O)CNC. The van der Waals surface area contributed by atoms with E-state index in [2.05, 4.69) is 16.6 Å². The molecule has 0 aliphatic rings. The zero-order valence-corrected chi connectivity index (χ0v) is 6.27. The highest BCUT2D eigenvalue weighted by Gasteiger charge is 2.00. The Morgan fingerprint density at radius 1 is 1.80 bits per heavy atom. The Balaban J connectivity index is 3.49. The highest BCUT2D eigenvalue weighted by atomic mass is 16.1. The van der Waals surface area contributed by atoms with Crippen LogP contribution in [0, 0.1) is 12.3 Å². The highest BCUT2D eigenvalue weighted by molar-refractivity contribution is 5.78. The van der Waals surface area contributed by atoms with Crippen LogP contribution in [0.25, 0.3) is 0 Å². The second-order valence-electron chi connectivity index (χ2n) is 1.99. The van der Waals surface area contributed by atoms with E-state index in [9.17, 15) is 4.79 Å². The van der Waals surface area contributed by atoms with Crippen LogP contribution < -0.4 is 10.6 Å². The van der Waals surface area contributed by atoms with Gasteiger partial charge in [0, 0.05) is 0 Å². The molecular weight excluding hydrogens is 128 g/mol. The van der Waals surface area contributed by atoms with Crippen LogP contribution in [0.2, 0.25) is 0 Å². The molecule has 1 unspecified atom stereocenters. The molecule has 56 valence electrons. The molecule has 2 N–H and O–H groups in total. The van der Waals surface area contributed by atoms with E-state index in [0.717, 1.165) is 0 Å². The summed E-state index contributed by atoms with van der Waals surface area (Å²) in [5, 5.41) is 5.31. The minimum absolute atomic E-state index is 0.0760. The van der Waals surface area contributed by atoms with Crippen molar-refractivity contribution in [3.05, 3.63) is 0 Å². The number of likely N-dealkylation sites (N-methyl/N-ethyl adjacent to an activating group) is 1. The van der Waals surface area contributed by atoms with Gasteiger partial charge < -0.3 is 10.6 Å². The van der Waals surface area contributed by atoms with Gasteiger partial charge in [0.2, 0.25) is 5.91 Å². The van der Waals surface area contributed by atoms with Crippen LogP contribution in [0.3, 0.4) is 0 Å². The molecule has 0 aliphatic carbocycles. The average molecular weight is 140 g/mol. The summed E-state index contributed by atoms with van der Waals surface area (Å²) in [6.07, 6.45) is 5.03. The molecule has 0 saturated heterocycles. The summed E-state index contributed by atoms with van der Waals surface area (Å²) in [6, 6.07) is -0.180. The van der Waals surface area contributed by atoms with Gasteiger partial charge in [-0.2, -0.15) is 0 Å². The Hall–Kier alpha value is -1.01. The van der Waals surface area contributed by atoms with Gasteiger partial charge in [0.25, 0.3) is 0 Å². The van der Waals surface area contributed by atoms with E-state index in [1.807, 2.05) is 0 Å². The normalized spacial score (nSPS) is 11.7. The lowest BCUT2D eigenvalue weighted by Gasteiger charge is -2.05. The molecule has 0 heterocycles. The van der Waals surface area contributed by atoms with Gasteiger partial charge >= 0.3 is 0 Å². The topological polar surface area (TPSA) is 41.1 Å². The molecular formula is C7H12N2O. The van der Waals surface area contributed by atoms with Crippen LogP contribution in [0.1, 0.15) is 6.92 Å². The second kappa shape index (κ2) is 4.83. The van der Waals surface area contributed by atoms with E-state index in [-0.39, 0.29) is 11.9 Å². The van der Waals surface area contributed by atoms with Crippen molar-refractivity contribution < 1.29 is 4.79 Å². The molecule has 0 bridgehead atoms. The fourth-order valence-corrected chi connectivity index (χ4v) is 0.495. The van der Waals surface area contributed by atoms with Crippen LogP contribution in [0.5, 0.6) is 0 Å². The Bertz CT molecular complexity index is 148. The first-order chi connectivity index (χ1) is 4.70. The summed E-state index contributed by atoms with van der Waals surface area (Å²) >= 11 is 0. The van der Waals surface area contributed by atoms with Gasteiger partial charge in [0.15, 0.2) is 0 Å². The number of amides is 1. The van der Waals surface area contributed by atoms with E-state index in [1.165, 1.54) is 0 Å². The predicted molar refractivity (Wildman–Crippen MR) is 40.4 cm³/mol. The maximum absolute atomic E-state index is 10.7. The summed E-state index contributed by atoms with van der Waals surface area (Å²) in [6.45, 7) is 2.07. The molecule has 0 spiro atoms. The summed E-state index contributed by atoms with van der Waals surface area (Å²) in [5.74, 6) is 2.32. The van der Waals surface area contributed by atoms with Crippen LogP contribution in [-0.2, 0) is 4.79 Å². The summed E-state index contributed by atoms with van der Waals surface area (Å²) in [5.41, 5.74) is 0. The maximum atomic E-state index is 10.7. The number of carbonyl (C=O) groups excluding carboxylic acids is 1. The molecule has 1 atom stereocenters. The zero-order valence-electron chi connectivity index (χ0n) is 6.27. The van der Waals surface area contributed by atoms with Gasteiger partial charge in [-0.1, -0.05) is 5.92 Å². The number of hydrogen-bond donors (Lipinski definition) is 2. The van der Waals surface area contributed by atoms with Crippen molar-refractivity contribution >= 4 is 5.91 Å². The molecule has 10 heavy (non-hydrogen) atoms. The average Bonchev–Trinajstić information content (AvgIpc) is 1.88. The number of rotatable bonds is 3. The van der Waals surface area contributed by atoms with Crippen LogP contribution >= 0.6 is 0 Å². The van der Waals surface area contributed by atoms with E-state index < -0.39 is 0 Å². The standard InChI is InChI=1S/C7H12N2O/c1-4-6(2)9-7(10)5-8-3/h1,6,8H,5H2,2-3H3,(H,9,10). The van der Waals surface area contributed by atoms with Crippen LogP contribution in [0.4, 0.5) is 0 Å². The Labute approximate surface area is 61.2 Å². The second-order valence-corrected chi connectivity index (χ2v) is 1.99. The number of nitrogens with one attached hydrogen (secondary N) is 2. The third kappa shape index (κ3) is 3.93. The van der Waals surface area contributed by atoms with Crippen molar-refractivity contribution in [1.29, 1.82) is 0 Å². The van der Waals surface area contributed by atoms with Crippen LogP contribution in [-0.4, -0.2) is 25.5 Å². The lowest BCUT2D eigenvalue weighted by atomic mass is 10.3. The van der Waals surface area contributed by atoms with E-state index in [4.69, 9.17) is 6.42 Å². The van der Waals surface area contributed by atoms with Crippen molar-refractivity contribution in [3.63, 3.8) is 0 Å². The first kappa shape index (κ1) is 8.99. The van der Waals surface area contributed by atoms with E-state index in [1.54, 1.807) is 14.0 Å². The zero-order chi connectivity index (χ0) is 7.98. The lowest BCUT2D eigenvalue weighted by Crippen LogP contribution is -2.37. The summed E-state index contributed by atoms with van der Waals surface area (Å²) < 4.78 is 0. The minimum Gasteiger partial charge on any atom is -0.342 e. The van der Waals surface area contributed by atoms with Gasteiger partial charge in [-0.3, -0.25) is 4.79 Å². The molecule has 3 heteroatoms. The third-order valence-electron chi connectivity index (χ3n) is 0.965. The first-order valence-electron chi connectivity index (χ1n) is 3.10. The van der Waals surface area contributed by atoms with Gasteiger partial charge in [-0.25, -0.2) is 0 Å². The molecule has 0 saturated carbocycles. The largest absolute Gasteiger partial charge is 0.342 e. The predicted octanol–water partition coefficient (Wildman–Crippen LogP) is -0.656.